The van der Waals surface area contributed by atoms with Crippen LogP contribution in [-0.2, 0) is 0 Å². The highest BCUT2D eigenvalue weighted by atomic mass is 35.5. The lowest BCUT2D eigenvalue weighted by Gasteiger charge is -2.20. The minimum absolute atomic E-state index is 0.0557. The molecule has 106 valence electrons. The number of carbonyl (C=O) groups excluding carboxylic acids is 1. The van der Waals surface area contributed by atoms with Crippen LogP contribution in [0.1, 0.15) is 29.4 Å². The molecule has 2 heterocycles. The van der Waals surface area contributed by atoms with Gasteiger partial charge in [-0.2, -0.15) is 0 Å². The Hall–Kier alpha value is -1.26. The molecule has 3 nitrogen and oxygen atoms in total. The number of carbonyl (C=O) groups is 1. The predicted molar refractivity (Wildman–Crippen MR) is 83.1 cm³/mol. The third-order valence-electron chi connectivity index (χ3n) is 3.84. The number of amides is 1. The number of hydrogen-bond donors (Lipinski definition) is 0. The quantitative estimate of drug-likeness (QED) is 0.832. The largest absolute Gasteiger partial charge is 0.497 e. The number of rotatable bonds is 2. The maximum absolute atomic E-state index is 12.6. The van der Waals surface area contributed by atoms with E-state index >= 15 is 0 Å². The second-order valence-corrected chi connectivity index (χ2v) is 6.53. The zero-order valence-corrected chi connectivity index (χ0v) is 13.1. The van der Waals surface area contributed by atoms with Crippen molar-refractivity contribution in [1.29, 1.82) is 0 Å². The number of fused-ring (bicyclic) bond motifs is 1. The van der Waals surface area contributed by atoms with Crippen molar-refractivity contribution in [3.63, 3.8) is 0 Å². The van der Waals surface area contributed by atoms with E-state index in [0.717, 1.165) is 35.2 Å². The highest BCUT2D eigenvalue weighted by molar-refractivity contribution is 7.21. The number of halogens is 1. The van der Waals surface area contributed by atoms with Crippen molar-refractivity contribution >= 4 is 38.9 Å². The molecule has 1 aromatic carbocycles. The Kier molecular flexibility index (Phi) is 3.61. The summed E-state index contributed by atoms with van der Waals surface area (Å²) < 4.78 is 6.23. The summed E-state index contributed by atoms with van der Waals surface area (Å²) in [5.74, 6) is 0.811. The van der Waals surface area contributed by atoms with Crippen LogP contribution < -0.4 is 4.74 Å². The molecule has 1 saturated heterocycles. The van der Waals surface area contributed by atoms with Gasteiger partial charge in [0.05, 0.1) is 12.1 Å². The summed E-state index contributed by atoms with van der Waals surface area (Å²) in [6, 6.07) is 6.04. The van der Waals surface area contributed by atoms with Crippen molar-refractivity contribution in [1.82, 2.24) is 4.90 Å². The molecule has 0 bridgehead atoms. The van der Waals surface area contributed by atoms with E-state index in [1.54, 1.807) is 7.11 Å². The molecule has 1 unspecified atom stereocenters. The van der Waals surface area contributed by atoms with Gasteiger partial charge >= 0.3 is 0 Å². The van der Waals surface area contributed by atoms with Gasteiger partial charge in [-0.25, -0.2) is 0 Å². The third-order valence-corrected chi connectivity index (χ3v) is 5.51. The highest BCUT2D eigenvalue weighted by Gasteiger charge is 2.29. The molecule has 1 amide bonds. The Balaban J connectivity index is 2.03. The topological polar surface area (TPSA) is 29.5 Å². The Bertz CT molecular complexity index is 667. The monoisotopic (exact) mass is 309 g/mol. The van der Waals surface area contributed by atoms with E-state index < -0.39 is 0 Å². The van der Waals surface area contributed by atoms with E-state index in [9.17, 15) is 4.79 Å². The van der Waals surface area contributed by atoms with Crippen molar-refractivity contribution in [2.24, 2.45) is 0 Å². The number of hydrogen-bond acceptors (Lipinski definition) is 3. The standard InChI is InChI=1S/C15H16ClNO2S/c1-9-4-3-7-17(9)15(18)14-13(16)11-8-10(19-2)5-6-12(11)20-14/h5-6,8-9H,3-4,7H2,1-2H3. The predicted octanol–water partition coefficient (Wildman–Crippen LogP) is 4.19. The van der Waals surface area contributed by atoms with Crippen molar-refractivity contribution in [2.75, 3.05) is 13.7 Å². The van der Waals surface area contributed by atoms with Crippen molar-refractivity contribution in [2.45, 2.75) is 25.8 Å². The van der Waals surface area contributed by atoms with Crippen LogP contribution in [0.4, 0.5) is 0 Å². The first-order valence-electron chi connectivity index (χ1n) is 6.69. The van der Waals surface area contributed by atoms with Gasteiger partial charge in [0.1, 0.15) is 10.6 Å². The average Bonchev–Trinajstić information content (AvgIpc) is 3.02. The Morgan fingerprint density at radius 3 is 2.95 bits per heavy atom. The van der Waals surface area contributed by atoms with Gasteiger partial charge in [-0.1, -0.05) is 11.6 Å². The van der Waals surface area contributed by atoms with Crippen LogP contribution in [0, 0.1) is 0 Å². The Morgan fingerprint density at radius 2 is 2.30 bits per heavy atom. The first-order chi connectivity index (χ1) is 9.61. The summed E-state index contributed by atoms with van der Waals surface area (Å²) in [4.78, 5) is 15.2. The van der Waals surface area contributed by atoms with Gasteiger partial charge in [-0.05, 0) is 38.0 Å². The molecule has 0 aliphatic carbocycles. The van der Waals surface area contributed by atoms with Crippen LogP contribution in [0.3, 0.4) is 0 Å². The van der Waals surface area contributed by atoms with Crippen LogP contribution in [0.25, 0.3) is 10.1 Å². The minimum atomic E-state index is 0.0557. The van der Waals surface area contributed by atoms with Crippen LogP contribution in [0.15, 0.2) is 18.2 Å². The lowest BCUT2D eigenvalue weighted by Crippen LogP contribution is -2.33. The van der Waals surface area contributed by atoms with E-state index in [1.165, 1.54) is 11.3 Å². The fourth-order valence-electron chi connectivity index (χ4n) is 2.68. The molecule has 0 spiro atoms. The van der Waals surface area contributed by atoms with Gasteiger partial charge in [0, 0.05) is 22.7 Å². The fraction of sp³-hybridized carbons (Fsp3) is 0.400. The molecule has 1 aliphatic heterocycles. The highest BCUT2D eigenvalue weighted by Crippen LogP contribution is 2.38. The van der Waals surface area contributed by atoms with Gasteiger partial charge in [0.2, 0.25) is 0 Å². The number of thiophene rings is 1. The fourth-order valence-corrected chi connectivity index (χ4v) is 4.12. The molecule has 3 rings (SSSR count). The average molecular weight is 310 g/mol. The van der Waals surface area contributed by atoms with Gasteiger partial charge in [0.25, 0.3) is 5.91 Å². The Labute approximate surface area is 127 Å². The molecule has 5 heteroatoms. The first kappa shape index (κ1) is 13.7. The van der Waals surface area contributed by atoms with E-state index in [4.69, 9.17) is 16.3 Å². The number of likely N-dealkylation sites (tertiary alicyclic amines) is 1. The summed E-state index contributed by atoms with van der Waals surface area (Å²) in [5.41, 5.74) is 0. The molecule has 0 N–H and O–H groups in total. The van der Waals surface area contributed by atoms with E-state index in [-0.39, 0.29) is 5.91 Å². The van der Waals surface area contributed by atoms with Gasteiger partial charge in [-0.15, -0.1) is 11.3 Å². The van der Waals surface area contributed by atoms with Crippen LogP contribution in [-0.4, -0.2) is 30.5 Å². The molecular formula is C15H16ClNO2S. The lowest BCUT2D eigenvalue weighted by molar-refractivity contribution is 0.0752. The molecule has 0 saturated carbocycles. The zero-order chi connectivity index (χ0) is 14.3. The summed E-state index contributed by atoms with van der Waals surface area (Å²) in [7, 11) is 1.62. The normalized spacial score (nSPS) is 18.8. The van der Waals surface area contributed by atoms with E-state index in [2.05, 4.69) is 6.92 Å². The smallest absolute Gasteiger partial charge is 0.265 e. The van der Waals surface area contributed by atoms with Gasteiger partial charge < -0.3 is 9.64 Å². The molecule has 1 aliphatic rings. The minimum Gasteiger partial charge on any atom is -0.497 e. The van der Waals surface area contributed by atoms with Crippen LogP contribution in [0.2, 0.25) is 5.02 Å². The maximum Gasteiger partial charge on any atom is 0.265 e. The second-order valence-electron chi connectivity index (χ2n) is 5.10. The molecular weight excluding hydrogens is 294 g/mol. The number of methoxy groups -OCH3 is 1. The van der Waals surface area contributed by atoms with Crippen LogP contribution >= 0.6 is 22.9 Å². The molecule has 1 atom stereocenters. The van der Waals surface area contributed by atoms with Gasteiger partial charge in [-0.3, -0.25) is 4.79 Å². The maximum atomic E-state index is 12.6. The molecule has 2 aromatic rings. The number of benzene rings is 1. The van der Waals surface area contributed by atoms with Crippen LogP contribution in [0.5, 0.6) is 5.75 Å². The van der Waals surface area contributed by atoms with Crippen molar-refractivity contribution < 1.29 is 9.53 Å². The SMILES string of the molecule is COc1ccc2sc(C(=O)N3CCCC3C)c(Cl)c2c1. The molecule has 20 heavy (non-hydrogen) atoms. The summed E-state index contributed by atoms with van der Waals surface area (Å²) >= 11 is 7.88. The number of ether oxygens (including phenoxy) is 1. The van der Waals surface area contributed by atoms with E-state index in [1.807, 2.05) is 23.1 Å². The van der Waals surface area contributed by atoms with Crippen molar-refractivity contribution in [3.8, 4) is 5.75 Å². The summed E-state index contributed by atoms with van der Waals surface area (Å²) in [6.07, 6.45) is 2.14. The third kappa shape index (κ3) is 2.17. The molecule has 1 fully saturated rings. The Morgan fingerprint density at radius 1 is 1.50 bits per heavy atom. The molecule has 0 radical (unpaired) electrons. The van der Waals surface area contributed by atoms with E-state index in [0.29, 0.717) is 15.9 Å². The lowest BCUT2D eigenvalue weighted by atomic mass is 10.2. The molecule has 1 aromatic heterocycles. The van der Waals surface area contributed by atoms with Gasteiger partial charge in [0.15, 0.2) is 0 Å². The summed E-state index contributed by atoms with van der Waals surface area (Å²) in [5, 5.41) is 1.44. The zero-order valence-electron chi connectivity index (χ0n) is 11.5. The summed E-state index contributed by atoms with van der Waals surface area (Å²) in [6.45, 7) is 2.92. The number of nitrogens with zero attached hydrogens (tertiary/aromatic N) is 1. The van der Waals surface area contributed by atoms with Crippen molar-refractivity contribution in [3.05, 3.63) is 28.1 Å². The first-order valence-corrected chi connectivity index (χ1v) is 7.88. The second kappa shape index (κ2) is 5.26.